The fourth-order valence-corrected chi connectivity index (χ4v) is 2.05. The Morgan fingerprint density at radius 3 is 2.70 bits per heavy atom. The Hall–Kier alpha value is -2.04. The van der Waals surface area contributed by atoms with E-state index in [1.54, 1.807) is 12.1 Å². The van der Waals surface area contributed by atoms with E-state index in [1.807, 2.05) is 22.6 Å². The third-order valence-corrected chi connectivity index (χ3v) is 2.80. The van der Waals surface area contributed by atoms with E-state index in [9.17, 15) is 9.59 Å². The minimum atomic E-state index is -0.760. The summed E-state index contributed by atoms with van der Waals surface area (Å²) in [6.07, 6.45) is 1.40. The van der Waals surface area contributed by atoms with Gasteiger partial charge in [-0.05, 0) is 40.3 Å². The predicted octanol–water partition coefficient (Wildman–Crippen LogP) is 0.166. The van der Waals surface area contributed by atoms with Crippen LogP contribution in [-0.4, -0.2) is 31.9 Å². The number of ether oxygens (including phenoxy) is 2. The molecule has 1 aromatic rings. The minimum Gasteiger partial charge on any atom is -0.493 e. The summed E-state index contributed by atoms with van der Waals surface area (Å²) >= 11 is 2.02. The summed E-state index contributed by atoms with van der Waals surface area (Å²) < 4.78 is 11.1. The van der Waals surface area contributed by atoms with Gasteiger partial charge in [-0.15, -0.1) is 0 Å². The summed E-state index contributed by atoms with van der Waals surface area (Å²) in [5, 5.41) is 3.64. The van der Waals surface area contributed by atoms with Gasteiger partial charge in [-0.3, -0.25) is 4.79 Å². The van der Waals surface area contributed by atoms with Gasteiger partial charge in [0, 0.05) is 0 Å². The van der Waals surface area contributed by atoms with Crippen molar-refractivity contribution >= 4 is 40.7 Å². The second kappa shape index (κ2) is 7.53. The van der Waals surface area contributed by atoms with E-state index in [4.69, 9.17) is 20.9 Å². The van der Waals surface area contributed by atoms with Gasteiger partial charge in [-0.2, -0.15) is 5.10 Å². The standard InChI is InChI=1S/C11H13IN4O4/c1-19-8-3-6(4-15-16-11(14)18)2-7(12)10(8)20-5-9(13)17/h2-4H,5H2,1H3,(H2,13,17)(H3,14,16,18)/b15-4+. The molecule has 0 aromatic heterocycles. The number of urea groups is 1. The number of amides is 3. The Balaban J connectivity index is 2.97. The van der Waals surface area contributed by atoms with Crippen LogP contribution in [0.15, 0.2) is 17.2 Å². The molecule has 0 saturated carbocycles. The van der Waals surface area contributed by atoms with Gasteiger partial charge >= 0.3 is 6.03 Å². The van der Waals surface area contributed by atoms with Crippen LogP contribution < -0.4 is 26.4 Å². The maximum Gasteiger partial charge on any atom is 0.332 e. The number of nitrogens with one attached hydrogen (secondary N) is 1. The third-order valence-electron chi connectivity index (χ3n) is 2.00. The number of rotatable bonds is 6. The first-order chi connectivity index (χ1) is 9.43. The van der Waals surface area contributed by atoms with Gasteiger partial charge in [0.05, 0.1) is 16.9 Å². The highest BCUT2D eigenvalue weighted by Gasteiger charge is 2.12. The van der Waals surface area contributed by atoms with Gasteiger partial charge in [0.2, 0.25) is 0 Å². The first kappa shape index (κ1) is 16.0. The highest BCUT2D eigenvalue weighted by molar-refractivity contribution is 14.1. The molecule has 0 saturated heterocycles. The molecular weight excluding hydrogens is 379 g/mol. The number of carbonyl (C=O) groups is 2. The molecule has 9 heteroatoms. The van der Waals surface area contributed by atoms with Crippen LogP contribution in [0.3, 0.4) is 0 Å². The largest absolute Gasteiger partial charge is 0.493 e. The van der Waals surface area contributed by atoms with Crippen molar-refractivity contribution in [2.45, 2.75) is 0 Å². The Kier molecular flexibility index (Phi) is 6.03. The first-order valence-corrected chi connectivity index (χ1v) is 6.39. The molecule has 3 amide bonds. The van der Waals surface area contributed by atoms with E-state index in [-0.39, 0.29) is 6.61 Å². The molecule has 0 aliphatic rings. The van der Waals surface area contributed by atoms with E-state index in [0.29, 0.717) is 20.6 Å². The number of hydrazone groups is 1. The summed E-state index contributed by atoms with van der Waals surface area (Å²) in [5.41, 5.74) is 12.6. The summed E-state index contributed by atoms with van der Waals surface area (Å²) in [4.78, 5) is 21.2. The number of methoxy groups -OCH3 is 1. The van der Waals surface area contributed by atoms with Crippen molar-refractivity contribution in [1.29, 1.82) is 0 Å². The average molecular weight is 392 g/mol. The molecule has 0 fully saturated rings. The zero-order valence-electron chi connectivity index (χ0n) is 10.6. The van der Waals surface area contributed by atoms with E-state index < -0.39 is 11.9 Å². The molecular formula is C11H13IN4O4. The number of hydrogen-bond acceptors (Lipinski definition) is 5. The van der Waals surface area contributed by atoms with Gasteiger partial charge in [-0.25, -0.2) is 10.2 Å². The van der Waals surface area contributed by atoms with Gasteiger partial charge in [-0.1, -0.05) is 0 Å². The molecule has 5 N–H and O–H groups in total. The lowest BCUT2D eigenvalue weighted by molar-refractivity contribution is -0.119. The SMILES string of the molecule is COc1cc(/C=N/NC(N)=O)cc(I)c1OCC(N)=O. The van der Waals surface area contributed by atoms with Crippen LogP contribution in [0.1, 0.15) is 5.56 Å². The molecule has 0 heterocycles. The fraction of sp³-hybridized carbons (Fsp3) is 0.182. The predicted molar refractivity (Wildman–Crippen MR) is 80.7 cm³/mol. The third kappa shape index (κ3) is 4.91. The maximum absolute atomic E-state index is 10.7. The lowest BCUT2D eigenvalue weighted by atomic mass is 10.2. The molecule has 0 spiro atoms. The van der Waals surface area contributed by atoms with E-state index in [2.05, 4.69) is 10.5 Å². The number of hydrogen-bond donors (Lipinski definition) is 3. The van der Waals surface area contributed by atoms with E-state index in [0.717, 1.165) is 0 Å². The van der Waals surface area contributed by atoms with E-state index in [1.165, 1.54) is 13.3 Å². The maximum atomic E-state index is 10.7. The monoisotopic (exact) mass is 392 g/mol. The van der Waals surface area contributed by atoms with Crippen molar-refractivity contribution in [3.05, 3.63) is 21.3 Å². The molecule has 0 aliphatic heterocycles. The number of halogens is 1. The topological polar surface area (TPSA) is 129 Å². The van der Waals surface area contributed by atoms with Gasteiger partial charge in [0.15, 0.2) is 18.1 Å². The number of nitrogens with two attached hydrogens (primary N) is 2. The smallest absolute Gasteiger partial charge is 0.332 e. The Morgan fingerprint density at radius 2 is 2.15 bits per heavy atom. The number of benzene rings is 1. The van der Waals surface area contributed by atoms with Crippen molar-refractivity contribution in [2.75, 3.05) is 13.7 Å². The quantitative estimate of drug-likeness (QED) is 0.362. The lowest BCUT2D eigenvalue weighted by Gasteiger charge is -2.12. The molecule has 0 atom stereocenters. The normalized spacial score (nSPS) is 10.3. The van der Waals surface area contributed by atoms with Crippen LogP contribution in [0, 0.1) is 3.57 Å². The summed E-state index contributed by atoms with van der Waals surface area (Å²) in [7, 11) is 1.46. The number of nitrogens with zero attached hydrogens (tertiary/aromatic N) is 1. The van der Waals surface area contributed by atoms with Crippen LogP contribution in [-0.2, 0) is 4.79 Å². The Bertz CT molecular complexity index is 547. The molecule has 0 unspecified atom stereocenters. The summed E-state index contributed by atoms with van der Waals surface area (Å²) in [6.45, 7) is -0.247. The molecule has 1 aromatic carbocycles. The molecule has 20 heavy (non-hydrogen) atoms. The molecule has 1 rings (SSSR count). The second-order valence-electron chi connectivity index (χ2n) is 3.52. The van der Waals surface area contributed by atoms with Crippen LogP contribution in [0.25, 0.3) is 0 Å². The average Bonchev–Trinajstić information content (AvgIpc) is 2.36. The van der Waals surface area contributed by atoms with Crippen molar-refractivity contribution in [2.24, 2.45) is 16.6 Å². The minimum absolute atomic E-state index is 0.247. The first-order valence-electron chi connectivity index (χ1n) is 5.31. The number of carbonyl (C=O) groups excluding carboxylic acids is 2. The van der Waals surface area contributed by atoms with Crippen LogP contribution >= 0.6 is 22.6 Å². The molecule has 0 radical (unpaired) electrons. The Labute approximate surface area is 128 Å². The molecule has 8 nitrogen and oxygen atoms in total. The van der Waals surface area contributed by atoms with Crippen molar-refractivity contribution in [3.63, 3.8) is 0 Å². The van der Waals surface area contributed by atoms with Crippen molar-refractivity contribution < 1.29 is 19.1 Å². The Morgan fingerprint density at radius 1 is 1.45 bits per heavy atom. The fourth-order valence-electron chi connectivity index (χ4n) is 1.27. The van der Waals surface area contributed by atoms with Crippen LogP contribution in [0.4, 0.5) is 4.79 Å². The van der Waals surface area contributed by atoms with Crippen molar-refractivity contribution in [3.8, 4) is 11.5 Å². The molecule has 108 valence electrons. The number of primary amides is 2. The van der Waals surface area contributed by atoms with E-state index >= 15 is 0 Å². The lowest BCUT2D eigenvalue weighted by Crippen LogP contribution is -2.24. The van der Waals surface area contributed by atoms with Gasteiger partial charge in [0.1, 0.15) is 0 Å². The zero-order valence-corrected chi connectivity index (χ0v) is 12.7. The second-order valence-corrected chi connectivity index (χ2v) is 4.69. The van der Waals surface area contributed by atoms with Gasteiger partial charge in [0.25, 0.3) is 5.91 Å². The molecule has 0 bridgehead atoms. The van der Waals surface area contributed by atoms with Crippen molar-refractivity contribution in [1.82, 2.24) is 5.43 Å². The highest BCUT2D eigenvalue weighted by Crippen LogP contribution is 2.33. The zero-order chi connectivity index (χ0) is 15.1. The highest BCUT2D eigenvalue weighted by atomic mass is 127. The van der Waals surface area contributed by atoms with Gasteiger partial charge < -0.3 is 20.9 Å². The summed E-state index contributed by atoms with van der Waals surface area (Å²) in [5.74, 6) is 0.240. The summed E-state index contributed by atoms with van der Waals surface area (Å²) in [6, 6.07) is 2.60. The van der Waals surface area contributed by atoms with Crippen LogP contribution in [0.5, 0.6) is 11.5 Å². The van der Waals surface area contributed by atoms with Crippen LogP contribution in [0.2, 0.25) is 0 Å². The molecule has 0 aliphatic carbocycles.